The molecule has 1 saturated heterocycles. The molecule has 0 bridgehead atoms. The van der Waals surface area contributed by atoms with Gasteiger partial charge in [-0.25, -0.2) is 9.18 Å². The first-order valence-corrected chi connectivity index (χ1v) is 11.6. The molecule has 1 heterocycles. The van der Waals surface area contributed by atoms with E-state index in [9.17, 15) is 18.8 Å². The lowest BCUT2D eigenvalue weighted by atomic mass is 10.1. The maximum atomic E-state index is 13.3. The molecule has 3 aromatic rings. The van der Waals surface area contributed by atoms with Gasteiger partial charge in [-0.15, -0.1) is 0 Å². The summed E-state index contributed by atoms with van der Waals surface area (Å²) >= 11 is 18.7. The van der Waals surface area contributed by atoms with Gasteiger partial charge in [0.15, 0.2) is 0 Å². The van der Waals surface area contributed by atoms with Gasteiger partial charge in [0.2, 0.25) is 0 Å². The van der Waals surface area contributed by atoms with Crippen LogP contribution in [0.15, 0.2) is 65.6 Å². The quantitative estimate of drug-likeness (QED) is 0.195. The number of amides is 2. The Labute approximate surface area is 213 Å². The van der Waals surface area contributed by atoms with Gasteiger partial charge in [-0.05, 0) is 59.8 Å². The summed E-state index contributed by atoms with van der Waals surface area (Å²) in [6.07, 6.45) is 1.46. The Hall–Kier alpha value is -2.84. The molecule has 3 aromatic carbocycles. The van der Waals surface area contributed by atoms with Crippen LogP contribution >= 0.6 is 46.6 Å². The first kappa shape index (κ1) is 24.3. The molecule has 1 fully saturated rings. The number of thioether (sulfide) groups is 1. The first-order chi connectivity index (χ1) is 16.2. The summed E-state index contributed by atoms with van der Waals surface area (Å²) in [4.78, 5) is 39.1. The van der Waals surface area contributed by atoms with E-state index in [0.29, 0.717) is 16.1 Å². The molecule has 0 aliphatic carbocycles. The second-order valence-electron chi connectivity index (χ2n) is 7.06. The van der Waals surface area contributed by atoms with Crippen molar-refractivity contribution in [2.75, 3.05) is 0 Å². The average molecular weight is 537 g/mol. The lowest BCUT2D eigenvalue weighted by molar-refractivity contribution is -0.123. The Morgan fingerprint density at radius 2 is 1.76 bits per heavy atom. The number of rotatable bonds is 5. The summed E-state index contributed by atoms with van der Waals surface area (Å²) in [5.74, 6) is -1.60. The molecule has 0 saturated carbocycles. The van der Waals surface area contributed by atoms with E-state index in [2.05, 4.69) is 0 Å². The second-order valence-corrected chi connectivity index (χ2v) is 9.30. The van der Waals surface area contributed by atoms with Crippen molar-refractivity contribution in [3.05, 3.63) is 103 Å². The zero-order chi connectivity index (χ0) is 24.4. The average Bonchev–Trinajstić information content (AvgIpc) is 3.04. The van der Waals surface area contributed by atoms with E-state index in [1.54, 1.807) is 24.3 Å². The van der Waals surface area contributed by atoms with Crippen molar-refractivity contribution in [1.82, 2.24) is 4.90 Å². The number of nitrogens with zero attached hydrogens (tertiary/aromatic N) is 1. The van der Waals surface area contributed by atoms with E-state index in [1.807, 2.05) is 0 Å². The summed E-state index contributed by atoms with van der Waals surface area (Å²) in [6, 6.07) is 14.7. The molecule has 1 aliphatic rings. The predicted molar refractivity (Wildman–Crippen MR) is 131 cm³/mol. The zero-order valence-corrected chi connectivity index (χ0v) is 20.1. The molecule has 0 unspecified atom stereocenters. The van der Waals surface area contributed by atoms with E-state index >= 15 is 0 Å². The van der Waals surface area contributed by atoms with E-state index in [0.717, 1.165) is 22.7 Å². The van der Waals surface area contributed by atoms with E-state index in [-0.39, 0.29) is 32.8 Å². The smallest absolute Gasteiger partial charge is 0.345 e. The highest BCUT2D eigenvalue weighted by molar-refractivity contribution is 8.18. The number of imide groups is 1. The lowest BCUT2D eigenvalue weighted by Gasteiger charge is -2.13. The van der Waals surface area contributed by atoms with Gasteiger partial charge in [0, 0.05) is 15.6 Å². The molecule has 1 aliphatic heterocycles. The highest BCUT2D eigenvalue weighted by Crippen LogP contribution is 2.36. The zero-order valence-electron chi connectivity index (χ0n) is 17.1. The molecule has 0 atom stereocenters. The topological polar surface area (TPSA) is 63.7 Å². The summed E-state index contributed by atoms with van der Waals surface area (Å²) in [6.45, 7) is -0.104. The molecular weight excluding hydrogens is 524 g/mol. The first-order valence-electron chi connectivity index (χ1n) is 9.68. The number of hydrogen-bond acceptors (Lipinski definition) is 5. The largest absolute Gasteiger partial charge is 0.422 e. The molecule has 10 heteroatoms. The third-order valence-electron chi connectivity index (χ3n) is 4.78. The number of carbonyl (C=O) groups excluding carboxylic acids is 3. The molecule has 4 rings (SSSR count). The van der Waals surface area contributed by atoms with Crippen LogP contribution in [0.25, 0.3) is 6.08 Å². The Bertz CT molecular complexity index is 1360. The minimum Gasteiger partial charge on any atom is -0.422 e. The monoisotopic (exact) mass is 535 g/mol. The lowest BCUT2D eigenvalue weighted by Crippen LogP contribution is -2.27. The van der Waals surface area contributed by atoms with Crippen molar-refractivity contribution in [3.8, 4) is 5.75 Å². The summed E-state index contributed by atoms with van der Waals surface area (Å²) in [5, 5.41) is 0.121. The number of ether oxygens (including phenoxy) is 1. The Morgan fingerprint density at radius 1 is 1.00 bits per heavy atom. The highest BCUT2D eigenvalue weighted by atomic mass is 35.5. The van der Waals surface area contributed by atoms with Crippen molar-refractivity contribution in [2.24, 2.45) is 0 Å². The van der Waals surface area contributed by atoms with Gasteiger partial charge < -0.3 is 4.74 Å². The van der Waals surface area contributed by atoms with Crippen molar-refractivity contribution in [3.63, 3.8) is 0 Å². The van der Waals surface area contributed by atoms with Crippen LogP contribution in [-0.4, -0.2) is 22.0 Å². The Balaban J connectivity index is 1.57. The van der Waals surface area contributed by atoms with Gasteiger partial charge in [-0.3, -0.25) is 14.5 Å². The van der Waals surface area contributed by atoms with Crippen LogP contribution in [0.3, 0.4) is 0 Å². The molecule has 5 nitrogen and oxygen atoms in total. The third kappa shape index (κ3) is 5.28. The summed E-state index contributed by atoms with van der Waals surface area (Å²) in [5.41, 5.74) is 0.962. The van der Waals surface area contributed by atoms with Gasteiger partial charge in [0.1, 0.15) is 11.6 Å². The Morgan fingerprint density at radius 3 is 2.50 bits per heavy atom. The maximum absolute atomic E-state index is 13.3. The van der Waals surface area contributed by atoms with Crippen molar-refractivity contribution in [2.45, 2.75) is 6.54 Å². The van der Waals surface area contributed by atoms with Crippen LogP contribution in [-0.2, 0) is 11.3 Å². The van der Waals surface area contributed by atoms with Crippen molar-refractivity contribution >= 4 is 69.8 Å². The number of esters is 1. The SMILES string of the molecule is O=C(Oc1ccccc1/C=C1\SC(=O)N(Cc2ccc(F)cc2Cl)C1=O)c1ccc(Cl)cc1Cl. The molecule has 2 amide bonds. The van der Waals surface area contributed by atoms with Crippen molar-refractivity contribution in [1.29, 1.82) is 0 Å². The van der Waals surface area contributed by atoms with Gasteiger partial charge >= 0.3 is 5.97 Å². The standard InChI is InChI=1S/C24H13Cl3FNO4S/c25-15-6-8-17(19(27)10-15)23(31)33-20-4-2-1-3-13(20)9-21-22(30)29(24(32)34-21)12-14-5-7-16(28)11-18(14)26/h1-11H,12H2/b21-9-. The van der Waals surface area contributed by atoms with E-state index < -0.39 is 22.9 Å². The number of carbonyl (C=O) groups is 3. The van der Waals surface area contributed by atoms with Gasteiger partial charge in [-0.2, -0.15) is 0 Å². The van der Waals surface area contributed by atoms with Gasteiger partial charge in [-0.1, -0.05) is 59.1 Å². The van der Waals surface area contributed by atoms with Crippen molar-refractivity contribution < 1.29 is 23.5 Å². The van der Waals surface area contributed by atoms with E-state index in [1.165, 1.54) is 36.4 Å². The van der Waals surface area contributed by atoms with Crippen LogP contribution in [0.4, 0.5) is 9.18 Å². The predicted octanol–water partition coefficient (Wildman–Crippen LogP) is 7.24. The third-order valence-corrected chi connectivity index (χ3v) is 6.58. The van der Waals surface area contributed by atoms with E-state index in [4.69, 9.17) is 39.5 Å². The van der Waals surface area contributed by atoms with Gasteiger partial charge in [0.05, 0.1) is 22.0 Å². The minimum absolute atomic E-state index is 0.104. The van der Waals surface area contributed by atoms with Crippen LogP contribution in [0.5, 0.6) is 5.75 Å². The molecule has 0 aromatic heterocycles. The molecule has 34 heavy (non-hydrogen) atoms. The fraction of sp³-hybridized carbons (Fsp3) is 0.0417. The molecule has 0 spiro atoms. The molecule has 0 N–H and O–H groups in total. The maximum Gasteiger partial charge on any atom is 0.345 e. The molecular formula is C24H13Cl3FNO4S. The summed E-state index contributed by atoms with van der Waals surface area (Å²) in [7, 11) is 0. The number of para-hydroxylation sites is 1. The number of benzene rings is 3. The minimum atomic E-state index is -0.707. The van der Waals surface area contributed by atoms with Crippen LogP contribution < -0.4 is 4.74 Å². The Kier molecular flexibility index (Phi) is 7.28. The fourth-order valence-corrected chi connectivity index (χ4v) is 4.64. The summed E-state index contributed by atoms with van der Waals surface area (Å²) < 4.78 is 18.8. The van der Waals surface area contributed by atoms with Crippen LogP contribution in [0.1, 0.15) is 21.5 Å². The van der Waals surface area contributed by atoms with Crippen LogP contribution in [0.2, 0.25) is 15.1 Å². The molecule has 0 radical (unpaired) electrons. The second kappa shape index (κ2) is 10.2. The van der Waals surface area contributed by atoms with Gasteiger partial charge in [0.25, 0.3) is 11.1 Å². The number of hydrogen-bond donors (Lipinski definition) is 0. The van der Waals surface area contributed by atoms with Crippen LogP contribution in [0, 0.1) is 5.82 Å². The highest BCUT2D eigenvalue weighted by Gasteiger charge is 2.35. The fourth-order valence-electron chi connectivity index (χ4n) is 3.10. The number of halogens is 4. The normalized spacial score (nSPS) is 14.7. The molecule has 172 valence electrons.